The molecule has 0 aliphatic rings. The minimum absolute atomic E-state index is 0.263. The highest BCUT2D eigenvalue weighted by Gasteiger charge is 2.24. The van der Waals surface area contributed by atoms with Gasteiger partial charge in [0.05, 0.1) is 11.7 Å². The Morgan fingerprint density at radius 2 is 2.15 bits per heavy atom. The van der Waals surface area contributed by atoms with E-state index in [1.54, 1.807) is 17.8 Å². The number of nitrogens with zero attached hydrogens (tertiary/aromatic N) is 3. The Kier molecular flexibility index (Phi) is 5.29. The summed E-state index contributed by atoms with van der Waals surface area (Å²) in [5.74, 6) is -0.263. The van der Waals surface area contributed by atoms with Crippen LogP contribution in [-0.2, 0) is 7.05 Å². The molecule has 0 aliphatic heterocycles. The largest absolute Gasteiger partial charge is 0.305 e. The molecule has 0 amide bonds. The average molecular weight is 406 g/mol. The van der Waals surface area contributed by atoms with Gasteiger partial charge in [0.1, 0.15) is 5.82 Å². The fraction of sp³-hybridized carbons (Fsp3) is 0.385. The summed E-state index contributed by atoms with van der Waals surface area (Å²) in [7, 11) is 1.80. The van der Waals surface area contributed by atoms with Gasteiger partial charge in [0.2, 0.25) is 0 Å². The highest BCUT2D eigenvalue weighted by atomic mass is 79.9. The predicted molar refractivity (Wildman–Crippen MR) is 82.9 cm³/mol. The van der Waals surface area contributed by atoms with Gasteiger partial charge in [0.15, 0.2) is 4.60 Å². The number of halogens is 3. The van der Waals surface area contributed by atoms with Gasteiger partial charge >= 0.3 is 0 Å². The average Bonchev–Trinajstić information content (AvgIpc) is 2.72. The van der Waals surface area contributed by atoms with Crippen LogP contribution in [0.15, 0.2) is 27.3 Å². The Morgan fingerprint density at radius 3 is 2.70 bits per heavy atom. The number of hydrogen-bond donors (Lipinski definition) is 1. The molecule has 1 aromatic carbocycles. The Morgan fingerprint density at radius 1 is 1.40 bits per heavy atom. The summed E-state index contributed by atoms with van der Waals surface area (Å²) >= 11 is 6.66. The molecule has 1 unspecified atom stereocenters. The van der Waals surface area contributed by atoms with Crippen molar-refractivity contribution >= 4 is 31.9 Å². The molecule has 1 heterocycles. The fourth-order valence-electron chi connectivity index (χ4n) is 2.02. The van der Waals surface area contributed by atoms with E-state index in [0.29, 0.717) is 10.2 Å². The third-order valence-corrected chi connectivity index (χ3v) is 4.03. The molecular weight excluding hydrogens is 391 g/mol. The molecule has 2 rings (SSSR count). The summed E-state index contributed by atoms with van der Waals surface area (Å²) in [5, 5.41) is 11.3. The molecular formula is C13H15Br2FN4. The molecule has 0 saturated heterocycles. The Hall–Kier alpha value is -0.790. The lowest BCUT2D eigenvalue weighted by atomic mass is 10.0. The number of nitrogens with one attached hydrogen (secondary N) is 1. The zero-order valence-electron chi connectivity index (χ0n) is 11.2. The third kappa shape index (κ3) is 3.27. The lowest BCUT2D eigenvalue weighted by Crippen LogP contribution is -2.26. The quantitative estimate of drug-likeness (QED) is 0.826. The molecule has 2 aromatic rings. The smallest absolute Gasteiger partial charge is 0.153 e. The van der Waals surface area contributed by atoms with Gasteiger partial charge in [0.25, 0.3) is 0 Å². The highest BCUT2D eigenvalue weighted by Crippen LogP contribution is 2.29. The first-order valence-electron chi connectivity index (χ1n) is 6.28. The van der Waals surface area contributed by atoms with E-state index in [9.17, 15) is 4.39 Å². The minimum atomic E-state index is -0.294. The van der Waals surface area contributed by atoms with Crippen molar-refractivity contribution in [2.45, 2.75) is 19.4 Å². The van der Waals surface area contributed by atoms with Crippen molar-refractivity contribution < 1.29 is 4.39 Å². The molecule has 1 aromatic heterocycles. The monoisotopic (exact) mass is 404 g/mol. The van der Waals surface area contributed by atoms with Crippen molar-refractivity contribution in [1.29, 1.82) is 0 Å². The fourth-order valence-corrected chi connectivity index (χ4v) is 2.91. The van der Waals surface area contributed by atoms with Crippen molar-refractivity contribution in [1.82, 2.24) is 20.3 Å². The SMILES string of the molecule is CCCNC(c1ccc(Br)cc1F)c1c(Br)nnn1C. The molecule has 0 bridgehead atoms. The van der Waals surface area contributed by atoms with Crippen molar-refractivity contribution in [2.24, 2.45) is 7.05 Å². The molecule has 0 aliphatic carbocycles. The highest BCUT2D eigenvalue weighted by molar-refractivity contribution is 9.10. The summed E-state index contributed by atoms with van der Waals surface area (Å²) in [4.78, 5) is 0. The van der Waals surface area contributed by atoms with E-state index in [4.69, 9.17) is 0 Å². The molecule has 7 heteroatoms. The lowest BCUT2D eigenvalue weighted by molar-refractivity contribution is 0.517. The van der Waals surface area contributed by atoms with Gasteiger partial charge in [-0.2, -0.15) is 0 Å². The molecule has 1 atom stereocenters. The van der Waals surface area contributed by atoms with E-state index in [1.165, 1.54) is 6.07 Å². The Labute approximate surface area is 134 Å². The van der Waals surface area contributed by atoms with Crippen LogP contribution in [0, 0.1) is 5.82 Å². The van der Waals surface area contributed by atoms with Gasteiger partial charge in [-0.25, -0.2) is 9.07 Å². The second-order valence-electron chi connectivity index (χ2n) is 4.44. The van der Waals surface area contributed by atoms with E-state index in [2.05, 4.69) is 54.4 Å². The van der Waals surface area contributed by atoms with Gasteiger partial charge in [-0.3, -0.25) is 0 Å². The van der Waals surface area contributed by atoms with E-state index < -0.39 is 0 Å². The molecule has 0 saturated carbocycles. The van der Waals surface area contributed by atoms with Crippen LogP contribution >= 0.6 is 31.9 Å². The zero-order valence-corrected chi connectivity index (χ0v) is 14.4. The van der Waals surface area contributed by atoms with Gasteiger partial charge in [0, 0.05) is 17.1 Å². The van der Waals surface area contributed by atoms with Crippen LogP contribution in [0.25, 0.3) is 0 Å². The summed E-state index contributed by atoms with van der Waals surface area (Å²) in [5.41, 5.74) is 1.38. The molecule has 108 valence electrons. The maximum Gasteiger partial charge on any atom is 0.153 e. The molecule has 0 spiro atoms. The van der Waals surface area contributed by atoms with E-state index in [0.717, 1.165) is 23.1 Å². The Balaban J connectivity index is 2.47. The van der Waals surface area contributed by atoms with Crippen LogP contribution in [0.3, 0.4) is 0 Å². The number of aryl methyl sites for hydroxylation is 1. The first-order chi connectivity index (χ1) is 9.54. The predicted octanol–water partition coefficient (Wildman–Crippen LogP) is 3.57. The topological polar surface area (TPSA) is 42.7 Å². The van der Waals surface area contributed by atoms with E-state index in [-0.39, 0.29) is 11.9 Å². The summed E-state index contributed by atoms with van der Waals surface area (Å²) in [6.45, 7) is 2.84. The van der Waals surface area contributed by atoms with E-state index >= 15 is 0 Å². The number of hydrogen-bond acceptors (Lipinski definition) is 3. The molecule has 20 heavy (non-hydrogen) atoms. The lowest BCUT2D eigenvalue weighted by Gasteiger charge is -2.20. The summed E-state index contributed by atoms with van der Waals surface area (Å²) < 4.78 is 17.2. The maximum absolute atomic E-state index is 14.2. The van der Waals surface area contributed by atoms with Crippen LogP contribution < -0.4 is 5.32 Å². The van der Waals surface area contributed by atoms with Crippen molar-refractivity contribution in [3.63, 3.8) is 0 Å². The van der Waals surface area contributed by atoms with Crippen LogP contribution in [0.4, 0.5) is 4.39 Å². The maximum atomic E-state index is 14.2. The van der Waals surface area contributed by atoms with Gasteiger partial charge in [-0.05, 0) is 41.0 Å². The van der Waals surface area contributed by atoms with E-state index in [1.807, 2.05) is 6.07 Å². The Bertz CT molecular complexity index is 581. The van der Waals surface area contributed by atoms with Crippen molar-refractivity contribution in [3.8, 4) is 0 Å². The van der Waals surface area contributed by atoms with Crippen LogP contribution in [0.1, 0.15) is 30.6 Å². The van der Waals surface area contributed by atoms with Crippen LogP contribution in [0.5, 0.6) is 0 Å². The summed E-state index contributed by atoms with van der Waals surface area (Å²) in [6.07, 6.45) is 0.956. The zero-order chi connectivity index (χ0) is 14.7. The molecule has 0 radical (unpaired) electrons. The van der Waals surface area contributed by atoms with Gasteiger partial charge in [-0.15, -0.1) is 5.10 Å². The number of benzene rings is 1. The number of aromatic nitrogens is 3. The third-order valence-electron chi connectivity index (χ3n) is 2.97. The minimum Gasteiger partial charge on any atom is -0.305 e. The van der Waals surface area contributed by atoms with Crippen molar-refractivity contribution in [2.75, 3.05) is 6.54 Å². The number of rotatable bonds is 5. The van der Waals surface area contributed by atoms with Gasteiger partial charge in [-0.1, -0.05) is 34.1 Å². The first-order valence-corrected chi connectivity index (χ1v) is 7.86. The molecule has 4 nitrogen and oxygen atoms in total. The second-order valence-corrected chi connectivity index (χ2v) is 6.11. The summed E-state index contributed by atoms with van der Waals surface area (Å²) in [6, 6.07) is 4.77. The van der Waals surface area contributed by atoms with Crippen LogP contribution in [0.2, 0.25) is 0 Å². The normalized spacial score (nSPS) is 12.7. The van der Waals surface area contributed by atoms with Gasteiger partial charge < -0.3 is 5.32 Å². The standard InChI is InChI=1S/C13H15Br2FN4/c1-3-6-17-11(12-13(15)18-19-20(12)2)9-5-4-8(14)7-10(9)16/h4-5,7,11,17H,3,6H2,1-2H3. The van der Waals surface area contributed by atoms with Crippen molar-refractivity contribution in [3.05, 3.63) is 44.3 Å². The molecule has 0 fully saturated rings. The first kappa shape index (κ1) is 15.6. The second kappa shape index (κ2) is 6.78. The van der Waals surface area contributed by atoms with Crippen LogP contribution in [-0.4, -0.2) is 21.5 Å². The molecule has 1 N–H and O–H groups in total.